The van der Waals surface area contributed by atoms with E-state index in [1.807, 2.05) is 0 Å². The van der Waals surface area contributed by atoms with Crippen molar-refractivity contribution in [2.75, 3.05) is 38.0 Å². The fourth-order valence-corrected chi connectivity index (χ4v) is 5.42. The molecular formula is C37H38N2Ti. The number of hydrogen-bond donors (Lipinski definition) is 0. The predicted octanol–water partition coefficient (Wildman–Crippen LogP) is 9.17. The second kappa shape index (κ2) is 13.1. The summed E-state index contributed by atoms with van der Waals surface area (Å²) in [6, 6.07) is 39.3. The first kappa shape index (κ1) is 29.3. The number of anilines is 2. The van der Waals surface area contributed by atoms with Crippen LogP contribution in [0.1, 0.15) is 11.1 Å². The fraction of sp³-hybridized carbons (Fsp3) is 0.162. The fourth-order valence-electron chi connectivity index (χ4n) is 5.42. The summed E-state index contributed by atoms with van der Waals surface area (Å²) < 4.78 is 0. The van der Waals surface area contributed by atoms with Crippen molar-refractivity contribution in [1.29, 1.82) is 0 Å². The van der Waals surface area contributed by atoms with Crippen LogP contribution in [0.5, 0.6) is 0 Å². The number of benzene rings is 4. The molecule has 0 N–H and O–H groups in total. The molecule has 0 bridgehead atoms. The molecule has 6 aromatic rings. The zero-order valence-corrected chi connectivity index (χ0v) is 26.1. The topological polar surface area (TPSA) is 6.48 Å². The van der Waals surface area contributed by atoms with Crippen molar-refractivity contribution >= 4 is 37.7 Å². The molecule has 3 heteroatoms. The van der Waals surface area contributed by atoms with Gasteiger partial charge in [0.05, 0.1) is 0 Å². The van der Waals surface area contributed by atoms with Crippen LogP contribution in [0.3, 0.4) is 0 Å². The van der Waals surface area contributed by atoms with Crippen molar-refractivity contribution in [2.24, 2.45) is 0 Å². The Hall–Kier alpha value is -3.72. The third-order valence-electron chi connectivity index (χ3n) is 7.14. The van der Waals surface area contributed by atoms with Crippen molar-refractivity contribution in [2.45, 2.75) is 13.8 Å². The summed E-state index contributed by atoms with van der Waals surface area (Å²) in [7, 11) is 8.37. The zero-order valence-electron chi connectivity index (χ0n) is 24.5. The maximum absolute atomic E-state index is 3.25. The second-order valence-electron chi connectivity index (χ2n) is 10.5. The molecule has 6 aromatic carbocycles. The summed E-state index contributed by atoms with van der Waals surface area (Å²) in [6.07, 6.45) is 0. The predicted molar refractivity (Wildman–Crippen MR) is 175 cm³/mol. The molecule has 0 amide bonds. The standard InChI is InChI=1S/2C18H18N.CH2.Ti/c2*1-13-11-14-7-6-9-15(17(14)12-13)16-8-4-5-10-18(16)19(2)3;;/h2*4-12H,1-3H3;1H2;/q2*-1;;+2. The molecule has 0 aliphatic heterocycles. The number of fused-ring (bicyclic) bond motifs is 2. The third kappa shape index (κ3) is 6.20. The Morgan fingerprint density at radius 2 is 0.850 bits per heavy atom. The first-order chi connectivity index (χ1) is 19.3. The van der Waals surface area contributed by atoms with Gasteiger partial charge in [-0.15, -0.1) is 69.1 Å². The SMILES string of the molecule is Cc1cc2c(-c3ccccc3N(C)C)cccc2[cH-]1.Cc1cc2c(-c3ccccc3N(C)C)cccc2[cH-]1.[CH2]=[Ti+2]. The van der Waals surface area contributed by atoms with Crippen LogP contribution in [-0.2, 0) is 20.0 Å². The van der Waals surface area contributed by atoms with Gasteiger partial charge in [0.1, 0.15) is 0 Å². The molecule has 0 aliphatic rings. The Bertz CT molecular complexity index is 1590. The van der Waals surface area contributed by atoms with E-state index in [-0.39, 0.29) is 0 Å². The van der Waals surface area contributed by atoms with Crippen molar-refractivity contribution in [3.05, 3.63) is 120 Å². The Balaban J connectivity index is 0.000000174. The first-order valence-electron chi connectivity index (χ1n) is 13.5. The van der Waals surface area contributed by atoms with Crippen LogP contribution < -0.4 is 9.80 Å². The number of hydrogen-bond acceptors (Lipinski definition) is 2. The van der Waals surface area contributed by atoms with Crippen molar-refractivity contribution in [3.63, 3.8) is 0 Å². The molecule has 0 saturated heterocycles. The number of aryl methyl sites for hydroxylation is 2. The Morgan fingerprint density at radius 1 is 0.500 bits per heavy atom. The summed E-state index contributed by atoms with van der Waals surface area (Å²) in [4.78, 5) is 7.59. The van der Waals surface area contributed by atoms with Gasteiger partial charge in [-0.25, -0.2) is 0 Å². The average molecular weight is 559 g/mol. The maximum atomic E-state index is 3.25. The van der Waals surface area contributed by atoms with Gasteiger partial charge in [-0.1, -0.05) is 73.5 Å². The summed E-state index contributed by atoms with van der Waals surface area (Å²) in [5, 5.41) is 5.33. The molecule has 0 saturated carbocycles. The van der Waals surface area contributed by atoms with Gasteiger partial charge >= 0.3 is 24.8 Å². The molecule has 40 heavy (non-hydrogen) atoms. The molecule has 0 unspecified atom stereocenters. The van der Waals surface area contributed by atoms with Gasteiger partial charge in [0.15, 0.2) is 0 Å². The molecule has 6 rings (SSSR count). The van der Waals surface area contributed by atoms with E-state index in [0.717, 1.165) is 0 Å². The Morgan fingerprint density at radius 3 is 1.23 bits per heavy atom. The molecule has 0 aliphatic carbocycles. The van der Waals surface area contributed by atoms with E-state index < -0.39 is 0 Å². The monoisotopic (exact) mass is 558 g/mol. The number of rotatable bonds is 4. The van der Waals surface area contributed by atoms with E-state index >= 15 is 0 Å². The van der Waals surface area contributed by atoms with E-state index in [2.05, 4.69) is 166 Å². The van der Waals surface area contributed by atoms with Crippen LogP contribution in [-0.4, -0.2) is 33.0 Å². The quantitative estimate of drug-likeness (QED) is 0.157. The van der Waals surface area contributed by atoms with Gasteiger partial charge in [-0.05, 0) is 23.3 Å². The Labute approximate surface area is 251 Å². The van der Waals surface area contributed by atoms with E-state index in [4.69, 9.17) is 0 Å². The van der Waals surface area contributed by atoms with Crippen LogP contribution >= 0.6 is 0 Å². The Kier molecular flexibility index (Phi) is 9.58. The molecule has 200 valence electrons. The van der Waals surface area contributed by atoms with Gasteiger partial charge in [0, 0.05) is 39.6 Å². The second-order valence-corrected chi connectivity index (χ2v) is 10.5. The van der Waals surface area contributed by atoms with Crippen LogP contribution in [0.2, 0.25) is 0 Å². The number of nitrogens with zero attached hydrogens (tertiary/aromatic N) is 2. The normalized spacial score (nSPS) is 10.5. The van der Waals surface area contributed by atoms with Gasteiger partial charge in [-0.2, -0.15) is 12.1 Å². The summed E-state index contributed by atoms with van der Waals surface area (Å²) in [5.41, 5.74) is 10.4. The molecule has 0 atom stereocenters. The van der Waals surface area contributed by atoms with Crippen molar-refractivity contribution < 1.29 is 20.0 Å². The summed E-state index contributed by atoms with van der Waals surface area (Å²) >= 11 is 1.75. The average Bonchev–Trinajstić information content (AvgIpc) is 3.55. The molecule has 0 spiro atoms. The van der Waals surface area contributed by atoms with E-state index in [0.29, 0.717) is 0 Å². The van der Waals surface area contributed by atoms with E-state index in [1.54, 1.807) is 20.0 Å². The number of para-hydroxylation sites is 2. The summed E-state index contributed by atoms with van der Waals surface area (Å²) in [5.74, 6) is 0. The van der Waals surface area contributed by atoms with E-state index in [1.165, 1.54) is 66.3 Å². The van der Waals surface area contributed by atoms with Crippen LogP contribution in [0.25, 0.3) is 43.8 Å². The minimum absolute atomic E-state index is 1.26. The van der Waals surface area contributed by atoms with Crippen molar-refractivity contribution in [3.8, 4) is 22.3 Å². The molecule has 0 radical (unpaired) electrons. The van der Waals surface area contributed by atoms with Gasteiger partial charge in [-0.3, -0.25) is 0 Å². The van der Waals surface area contributed by atoms with Gasteiger partial charge < -0.3 is 9.80 Å². The molecule has 0 fully saturated rings. The molecule has 2 nitrogen and oxygen atoms in total. The van der Waals surface area contributed by atoms with Crippen molar-refractivity contribution in [1.82, 2.24) is 0 Å². The van der Waals surface area contributed by atoms with Crippen LogP contribution in [0.15, 0.2) is 109 Å². The van der Waals surface area contributed by atoms with Gasteiger partial charge in [0.2, 0.25) is 0 Å². The zero-order chi connectivity index (χ0) is 28.8. The molecule has 0 aromatic heterocycles. The first-order valence-corrected chi connectivity index (χ1v) is 14.6. The molecular weight excluding hydrogens is 520 g/mol. The summed E-state index contributed by atoms with van der Waals surface area (Å²) in [6.45, 7) is 4.31. The van der Waals surface area contributed by atoms with Gasteiger partial charge in [0.25, 0.3) is 0 Å². The third-order valence-corrected chi connectivity index (χ3v) is 7.14. The molecule has 0 heterocycles. The van der Waals surface area contributed by atoms with Crippen LogP contribution in [0, 0.1) is 13.8 Å². The van der Waals surface area contributed by atoms with E-state index in [9.17, 15) is 0 Å². The van der Waals surface area contributed by atoms with Crippen LogP contribution in [0.4, 0.5) is 11.4 Å². The minimum atomic E-state index is 1.26.